The van der Waals surface area contributed by atoms with Crippen molar-refractivity contribution in [1.29, 1.82) is 0 Å². The van der Waals surface area contributed by atoms with E-state index in [0.717, 1.165) is 0 Å². The summed E-state index contributed by atoms with van der Waals surface area (Å²) in [6.45, 7) is 0.701. The Morgan fingerprint density at radius 1 is 1.23 bits per heavy atom. The molecule has 0 saturated heterocycles. The third-order valence-electron chi connectivity index (χ3n) is 3.57. The molecule has 0 fully saturated rings. The molecule has 2 aromatic rings. The van der Waals surface area contributed by atoms with Crippen LogP contribution in [-0.4, -0.2) is 37.8 Å². The number of nitrogens with zero attached hydrogens (tertiary/aromatic N) is 2. The van der Waals surface area contributed by atoms with Crippen LogP contribution in [0.5, 0.6) is 11.5 Å². The third-order valence-corrected chi connectivity index (χ3v) is 5.74. The van der Waals surface area contributed by atoms with E-state index in [1.165, 1.54) is 53.8 Å². The molecule has 0 heterocycles. The molecule has 2 N–H and O–H groups in total. The van der Waals surface area contributed by atoms with Crippen LogP contribution in [-0.2, 0) is 10.0 Å². The summed E-state index contributed by atoms with van der Waals surface area (Å²) in [6, 6.07) is 9.74. The van der Waals surface area contributed by atoms with Crippen LogP contribution in [0.3, 0.4) is 0 Å². The van der Waals surface area contributed by atoms with E-state index in [4.69, 9.17) is 22.1 Å². The molecule has 0 unspecified atom stereocenters. The van der Waals surface area contributed by atoms with Gasteiger partial charge in [0.1, 0.15) is 5.75 Å². The van der Waals surface area contributed by atoms with E-state index >= 15 is 0 Å². The van der Waals surface area contributed by atoms with Crippen LogP contribution in [0.25, 0.3) is 0 Å². The van der Waals surface area contributed by atoms with Crippen molar-refractivity contribution in [3.05, 3.63) is 57.6 Å². The second-order valence-electron chi connectivity index (χ2n) is 5.39. The Kier molecular flexibility index (Phi) is 6.54. The SMILES string of the molecule is CN(CCCN)S(=O)(=O)c1ccc(Oc2c(Cl)cccc2[N+](=O)[O-])cc1. The molecule has 140 valence electrons. The minimum atomic E-state index is -3.64. The Morgan fingerprint density at radius 3 is 2.46 bits per heavy atom. The van der Waals surface area contributed by atoms with Gasteiger partial charge in [0.15, 0.2) is 0 Å². The fraction of sp³-hybridized carbons (Fsp3) is 0.250. The first-order valence-electron chi connectivity index (χ1n) is 7.64. The number of benzene rings is 2. The van der Waals surface area contributed by atoms with Gasteiger partial charge in [-0.2, -0.15) is 0 Å². The van der Waals surface area contributed by atoms with E-state index in [-0.39, 0.29) is 27.1 Å². The third kappa shape index (κ3) is 4.50. The number of hydrogen-bond donors (Lipinski definition) is 1. The van der Waals surface area contributed by atoms with Gasteiger partial charge in [0, 0.05) is 19.7 Å². The molecular formula is C16H18ClN3O5S. The van der Waals surface area contributed by atoms with E-state index in [2.05, 4.69) is 0 Å². The molecular weight excluding hydrogens is 382 g/mol. The summed E-state index contributed by atoms with van der Waals surface area (Å²) < 4.78 is 31.6. The van der Waals surface area contributed by atoms with Crippen LogP contribution in [0, 0.1) is 10.1 Å². The standard InChI is InChI=1S/C16H18ClN3O5S/c1-19(11-3-10-18)26(23,24)13-8-6-12(7-9-13)25-16-14(17)4-2-5-15(16)20(21)22/h2,4-9H,3,10-11,18H2,1H3. The highest BCUT2D eigenvalue weighted by molar-refractivity contribution is 7.89. The molecule has 0 saturated carbocycles. The molecule has 0 radical (unpaired) electrons. The number of hydrogen-bond acceptors (Lipinski definition) is 6. The summed E-state index contributed by atoms with van der Waals surface area (Å²) in [4.78, 5) is 10.6. The van der Waals surface area contributed by atoms with Gasteiger partial charge in [-0.1, -0.05) is 17.7 Å². The molecule has 0 aromatic heterocycles. The summed E-state index contributed by atoms with van der Waals surface area (Å²) in [5.41, 5.74) is 5.12. The second kappa shape index (κ2) is 8.45. The first kappa shape index (κ1) is 20.1. The lowest BCUT2D eigenvalue weighted by Crippen LogP contribution is -2.29. The molecule has 2 rings (SSSR count). The molecule has 10 heteroatoms. The van der Waals surface area contributed by atoms with Gasteiger partial charge in [-0.25, -0.2) is 12.7 Å². The summed E-state index contributed by atoms with van der Waals surface area (Å²) in [5, 5.41) is 11.2. The van der Waals surface area contributed by atoms with E-state index < -0.39 is 14.9 Å². The molecule has 2 aromatic carbocycles. The van der Waals surface area contributed by atoms with Crippen molar-refractivity contribution in [2.45, 2.75) is 11.3 Å². The van der Waals surface area contributed by atoms with Crippen molar-refractivity contribution in [3.63, 3.8) is 0 Å². The lowest BCUT2D eigenvalue weighted by molar-refractivity contribution is -0.385. The van der Waals surface area contributed by atoms with Crippen LogP contribution in [0.15, 0.2) is 47.4 Å². The maximum absolute atomic E-state index is 12.4. The van der Waals surface area contributed by atoms with Gasteiger partial charge in [0.2, 0.25) is 15.8 Å². The maximum Gasteiger partial charge on any atom is 0.313 e. The predicted molar refractivity (Wildman–Crippen MR) is 98.1 cm³/mol. The number of ether oxygens (including phenoxy) is 1. The topological polar surface area (TPSA) is 116 Å². The van der Waals surface area contributed by atoms with Crippen molar-refractivity contribution >= 4 is 27.3 Å². The van der Waals surface area contributed by atoms with Crippen molar-refractivity contribution in [2.75, 3.05) is 20.1 Å². The number of nitrogens with two attached hydrogens (primary N) is 1. The highest BCUT2D eigenvalue weighted by atomic mass is 35.5. The first-order valence-corrected chi connectivity index (χ1v) is 9.46. The van der Waals surface area contributed by atoms with Crippen LogP contribution < -0.4 is 10.5 Å². The number of nitro groups is 1. The van der Waals surface area contributed by atoms with Crippen LogP contribution in [0.1, 0.15) is 6.42 Å². The van der Waals surface area contributed by atoms with Gasteiger partial charge >= 0.3 is 5.69 Å². The fourth-order valence-corrected chi connectivity index (χ4v) is 3.57. The Balaban J connectivity index is 2.25. The predicted octanol–water partition coefficient (Wildman–Crippen LogP) is 3.01. The largest absolute Gasteiger partial charge is 0.449 e. The minimum absolute atomic E-state index is 0.0809. The Bertz CT molecular complexity index is 887. The highest BCUT2D eigenvalue weighted by Gasteiger charge is 2.22. The lowest BCUT2D eigenvalue weighted by Gasteiger charge is -2.17. The zero-order valence-electron chi connectivity index (χ0n) is 14.0. The number of rotatable bonds is 8. The summed E-state index contributed by atoms with van der Waals surface area (Å²) in [7, 11) is -2.17. The van der Waals surface area contributed by atoms with Gasteiger partial charge in [0.25, 0.3) is 0 Å². The molecule has 0 atom stereocenters. The fourth-order valence-electron chi connectivity index (χ4n) is 2.15. The van der Waals surface area contributed by atoms with Gasteiger partial charge in [-0.3, -0.25) is 10.1 Å². The lowest BCUT2D eigenvalue weighted by atomic mass is 10.3. The zero-order chi connectivity index (χ0) is 19.3. The molecule has 8 nitrogen and oxygen atoms in total. The van der Waals surface area contributed by atoms with E-state index in [1.54, 1.807) is 0 Å². The zero-order valence-corrected chi connectivity index (χ0v) is 15.5. The quantitative estimate of drug-likeness (QED) is 0.538. The molecule has 26 heavy (non-hydrogen) atoms. The van der Waals surface area contributed by atoms with Gasteiger partial charge < -0.3 is 10.5 Å². The number of nitro benzene ring substituents is 1. The second-order valence-corrected chi connectivity index (χ2v) is 7.84. The number of para-hydroxylation sites is 1. The van der Waals surface area contributed by atoms with Gasteiger partial charge in [0.05, 0.1) is 14.8 Å². The van der Waals surface area contributed by atoms with Crippen LogP contribution in [0.2, 0.25) is 5.02 Å². The van der Waals surface area contributed by atoms with Gasteiger partial charge in [-0.05, 0) is 43.3 Å². The van der Waals surface area contributed by atoms with Crippen molar-refractivity contribution < 1.29 is 18.1 Å². The molecule has 0 spiro atoms. The smallest absolute Gasteiger partial charge is 0.313 e. The Morgan fingerprint density at radius 2 is 1.88 bits per heavy atom. The molecule has 0 aliphatic carbocycles. The summed E-state index contributed by atoms with van der Waals surface area (Å²) in [6.07, 6.45) is 0.549. The monoisotopic (exact) mass is 399 g/mol. The van der Waals surface area contributed by atoms with Crippen LogP contribution >= 0.6 is 11.6 Å². The number of halogens is 1. The van der Waals surface area contributed by atoms with E-state index in [9.17, 15) is 18.5 Å². The minimum Gasteiger partial charge on any atom is -0.449 e. The Labute approximate surface area is 156 Å². The molecule has 0 amide bonds. The summed E-state index contributed by atoms with van der Waals surface area (Å²) in [5.74, 6) is 0.125. The van der Waals surface area contributed by atoms with Crippen molar-refractivity contribution in [1.82, 2.24) is 4.31 Å². The Hall–Kier alpha value is -2.20. The average Bonchev–Trinajstić information content (AvgIpc) is 2.61. The first-order chi connectivity index (χ1) is 12.3. The average molecular weight is 400 g/mol. The highest BCUT2D eigenvalue weighted by Crippen LogP contribution is 2.37. The van der Waals surface area contributed by atoms with Crippen molar-refractivity contribution in [3.8, 4) is 11.5 Å². The number of sulfonamides is 1. The van der Waals surface area contributed by atoms with E-state index in [0.29, 0.717) is 19.5 Å². The van der Waals surface area contributed by atoms with Gasteiger partial charge in [-0.15, -0.1) is 0 Å². The van der Waals surface area contributed by atoms with E-state index in [1.807, 2.05) is 0 Å². The van der Waals surface area contributed by atoms with Crippen molar-refractivity contribution in [2.24, 2.45) is 5.73 Å². The summed E-state index contributed by atoms with van der Waals surface area (Å²) >= 11 is 5.98. The molecule has 0 bridgehead atoms. The maximum atomic E-state index is 12.4. The molecule has 0 aliphatic rings. The normalized spacial score (nSPS) is 11.5. The van der Waals surface area contributed by atoms with Crippen LogP contribution in [0.4, 0.5) is 5.69 Å². The molecule has 0 aliphatic heterocycles.